The van der Waals surface area contributed by atoms with Crippen LogP contribution in [0.5, 0.6) is 0 Å². The van der Waals surface area contributed by atoms with E-state index in [-0.39, 0.29) is 17.2 Å². The maximum atomic E-state index is 11.9. The molecular weight excluding hydrogens is 332 g/mol. The second-order valence-electron chi connectivity index (χ2n) is 6.52. The van der Waals surface area contributed by atoms with E-state index < -0.39 is 0 Å². The summed E-state index contributed by atoms with van der Waals surface area (Å²) in [6.45, 7) is 7.94. The smallest absolute Gasteiger partial charge is 0.224 e. The zero-order valence-electron chi connectivity index (χ0n) is 13.1. The molecule has 6 heteroatoms. The van der Waals surface area contributed by atoms with E-state index in [2.05, 4.69) is 51.9 Å². The monoisotopic (exact) mass is 354 g/mol. The Labute approximate surface area is 134 Å². The van der Waals surface area contributed by atoms with Crippen LogP contribution in [0.15, 0.2) is 10.7 Å². The molecule has 0 radical (unpaired) electrons. The topological polar surface area (TPSA) is 58.1 Å². The summed E-state index contributed by atoms with van der Waals surface area (Å²) in [7, 11) is 1.69. The fourth-order valence-corrected chi connectivity index (χ4v) is 2.88. The Kier molecular flexibility index (Phi) is 4.86. The number of aromatic nitrogens is 2. The molecular formula is C15H23BrN4O. The first-order valence-electron chi connectivity index (χ1n) is 7.33. The second kappa shape index (κ2) is 6.30. The van der Waals surface area contributed by atoms with Crippen molar-refractivity contribution in [2.75, 3.05) is 25.0 Å². The molecule has 0 aromatic carbocycles. The van der Waals surface area contributed by atoms with Crippen molar-refractivity contribution in [1.29, 1.82) is 0 Å². The molecule has 0 bridgehead atoms. The Hall–Kier alpha value is -1.17. The molecule has 2 rings (SSSR count). The minimum atomic E-state index is -0.103. The van der Waals surface area contributed by atoms with Gasteiger partial charge in [0.15, 0.2) is 0 Å². The van der Waals surface area contributed by atoms with Gasteiger partial charge in [0.1, 0.15) is 16.2 Å². The molecule has 1 fully saturated rings. The lowest BCUT2D eigenvalue weighted by atomic mass is 9.95. The average Bonchev–Trinajstić information content (AvgIpc) is 2.45. The highest BCUT2D eigenvalue weighted by Gasteiger charge is 2.27. The molecule has 1 atom stereocenters. The summed E-state index contributed by atoms with van der Waals surface area (Å²) in [6, 6.07) is 1.93. The highest BCUT2D eigenvalue weighted by Crippen LogP contribution is 2.27. The number of rotatable bonds is 2. The zero-order chi connectivity index (χ0) is 15.6. The molecule has 21 heavy (non-hydrogen) atoms. The number of carbonyl (C=O) groups is 1. The molecule has 5 nitrogen and oxygen atoms in total. The number of nitrogens with zero attached hydrogens (tertiary/aromatic N) is 3. The maximum absolute atomic E-state index is 11.9. The fourth-order valence-electron chi connectivity index (χ4n) is 2.51. The SMILES string of the molecule is CNC(=O)C1CCCN(c2cc(Br)nc(C(C)(C)C)n2)C1. The van der Waals surface area contributed by atoms with Crippen molar-refractivity contribution in [3.05, 3.63) is 16.5 Å². The summed E-state index contributed by atoms with van der Waals surface area (Å²) in [4.78, 5) is 23.2. The quantitative estimate of drug-likeness (QED) is 0.829. The highest BCUT2D eigenvalue weighted by atomic mass is 79.9. The van der Waals surface area contributed by atoms with Gasteiger partial charge in [-0.15, -0.1) is 0 Å². The van der Waals surface area contributed by atoms with Crippen LogP contribution in [0.2, 0.25) is 0 Å². The van der Waals surface area contributed by atoms with Gasteiger partial charge in [0, 0.05) is 31.6 Å². The Morgan fingerprint density at radius 2 is 2.14 bits per heavy atom. The van der Waals surface area contributed by atoms with Gasteiger partial charge in [0.2, 0.25) is 5.91 Å². The molecule has 1 aliphatic rings. The first kappa shape index (κ1) is 16.2. The predicted octanol–water partition coefficient (Wildman–Crippen LogP) is 2.50. The van der Waals surface area contributed by atoms with Crippen molar-refractivity contribution < 1.29 is 4.79 Å². The molecule has 1 N–H and O–H groups in total. The van der Waals surface area contributed by atoms with Crippen LogP contribution < -0.4 is 10.2 Å². The van der Waals surface area contributed by atoms with Gasteiger partial charge in [-0.25, -0.2) is 9.97 Å². The third kappa shape index (κ3) is 3.93. The van der Waals surface area contributed by atoms with Crippen molar-refractivity contribution in [2.24, 2.45) is 5.92 Å². The zero-order valence-corrected chi connectivity index (χ0v) is 14.7. The number of hydrogen-bond donors (Lipinski definition) is 1. The average molecular weight is 355 g/mol. The van der Waals surface area contributed by atoms with Gasteiger partial charge in [0.05, 0.1) is 5.92 Å². The normalized spacial score (nSPS) is 19.5. The lowest BCUT2D eigenvalue weighted by Crippen LogP contribution is -2.42. The molecule has 2 heterocycles. The van der Waals surface area contributed by atoms with Crippen molar-refractivity contribution in [2.45, 2.75) is 39.0 Å². The van der Waals surface area contributed by atoms with Gasteiger partial charge in [-0.05, 0) is 28.8 Å². The van der Waals surface area contributed by atoms with Gasteiger partial charge < -0.3 is 10.2 Å². The Balaban J connectivity index is 2.25. The molecule has 1 aliphatic heterocycles. The lowest BCUT2D eigenvalue weighted by molar-refractivity contribution is -0.124. The van der Waals surface area contributed by atoms with Crippen molar-refractivity contribution in [3.8, 4) is 0 Å². The van der Waals surface area contributed by atoms with Crippen molar-refractivity contribution in [3.63, 3.8) is 0 Å². The van der Waals surface area contributed by atoms with E-state index in [0.29, 0.717) is 6.54 Å². The van der Waals surface area contributed by atoms with E-state index in [9.17, 15) is 4.79 Å². The lowest BCUT2D eigenvalue weighted by Gasteiger charge is -2.33. The maximum Gasteiger partial charge on any atom is 0.224 e. The van der Waals surface area contributed by atoms with Gasteiger partial charge in [-0.2, -0.15) is 0 Å². The van der Waals surface area contributed by atoms with Gasteiger partial charge in [-0.3, -0.25) is 4.79 Å². The van der Waals surface area contributed by atoms with Crippen molar-refractivity contribution in [1.82, 2.24) is 15.3 Å². The van der Waals surface area contributed by atoms with Crippen LogP contribution in [0.25, 0.3) is 0 Å². The van der Waals surface area contributed by atoms with E-state index in [0.717, 1.165) is 35.6 Å². The molecule has 1 amide bonds. The van der Waals surface area contributed by atoms with Crippen LogP contribution in [0.1, 0.15) is 39.4 Å². The number of nitrogens with one attached hydrogen (secondary N) is 1. The first-order chi connectivity index (χ1) is 9.81. The largest absolute Gasteiger partial charge is 0.359 e. The van der Waals surface area contributed by atoms with E-state index in [1.807, 2.05) is 6.07 Å². The second-order valence-corrected chi connectivity index (χ2v) is 7.33. The molecule has 1 aromatic heterocycles. The standard InChI is InChI=1S/C15H23BrN4O/c1-15(2,3)14-18-11(16)8-12(19-14)20-7-5-6-10(9-20)13(21)17-4/h8,10H,5-7,9H2,1-4H3,(H,17,21). The number of hydrogen-bond acceptors (Lipinski definition) is 4. The molecule has 0 aliphatic carbocycles. The predicted molar refractivity (Wildman–Crippen MR) is 87.4 cm³/mol. The van der Waals surface area contributed by atoms with E-state index in [1.165, 1.54) is 0 Å². The van der Waals surface area contributed by atoms with Gasteiger partial charge >= 0.3 is 0 Å². The van der Waals surface area contributed by atoms with Gasteiger partial charge in [-0.1, -0.05) is 20.8 Å². The minimum Gasteiger partial charge on any atom is -0.359 e. The summed E-state index contributed by atoms with van der Waals surface area (Å²) in [5.74, 6) is 1.86. The van der Waals surface area contributed by atoms with E-state index >= 15 is 0 Å². The van der Waals surface area contributed by atoms with Crippen LogP contribution in [0.3, 0.4) is 0 Å². The van der Waals surface area contributed by atoms with E-state index in [4.69, 9.17) is 4.98 Å². The summed E-state index contributed by atoms with van der Waals surface area (Å²) in [6.07, 6.45) is 1.94. The van der Waals surface area contributed by atoms with Crippen molar-refractivity contribution >= 4 is 27.7 Å². The Morgan fingerprint density at radius 1 is 1.43 bits per heavy atom. The summed E-state index contributed by atoms with van der Waals surface area (Å²) >= 11 is 3.47. The molecule has 116 valence electrons. The molecule has 1 unspecified atom stereocenters. The van der Waals surface area contributed by atoms with Gasteiger partial charge in [0.25, 0.3) is 0 Å². The number of halogens is 1. The summed E-state index contributed by atoms with van der Waals surface area (Å²) in [5, 5.41) is 2.75. The first-order valence-corrected chi connectivity index (χ1v) is 8.12. The third-order valence-electron chi connectivity index (χ3n) is 3.71. The molecule has 1 saturated heterocycles. The number of piperidine rings is 1. The van der Waals surface area contributed by atoms with Crippen LogP contribution >= 0.6 is 15.9 Å². The summed E-state index contributed by atoms with van der Waals surface area (Å²) in [5.41, 5.74) is -0.103. The van der Waals surface area contributed by atoms with Crippen LogP contribution in [0.4, 0.5) is 5.82 Å². The molecule has 1 aromatic rings. The summed E-state index contributed by atoms with van der Waals surface area (Å²) < 4.78 is 0.791. The molecule has 0 spiro atoms. The van der Waals surface area contributed by atoms with Crippen LogP contribution in [-0.2, 0) is 10.2 Å². The number of anilines is 1. The highest BCUT2D eigenvalue weighted by molar-refractivity contribution is 9.10. The number of carbonyl (C=O) groups excluding carboxylic acids is 1. The fraction of sp³-hybridized carbons (Fsp3) is 0.667. The van der Waals surface area contributed by atoms with Crippen LogP contribution in [-0.4, -0.2) is 36.0 Å². The molecule has 0 saturated carbocycles. The Bertz CT molecular complexity index is 527. The third-order valence-corrected chi connectivity index (χ3v) is 4.12. The van der Waals surface area contributed by atoms with E-state index in [1.54, 1.807) is 7.05 Å². The Morgan fingerprint density at radius 3 is 2.76 bits per heavy atom. The number of amides is 1. The minimum absolute atomic E-state index is 0.0376. The van der Waals surface area contributed by atoms with Crippen LogP contribution in [0, 0.1) is 5.92 Å².